The van der Waals surface area contributed by atoms with Gasteiger partial charge in [0, 0.05) is 18.9 Å². The minimum Gasteiger partial charge on any atom is -0.497 e. The highest BCUT2D eigenvalue weighted by molar-refractivity contribution is 5.43. The molecule has 30 heavy (non-hydrogen) atoms. The lowest BCUT2D eigenvalue weighted by atomic mass is 9.95. The summed E-state index contributed by atoms with van der Waals surface area (Å²) < 4.78 is 28.0. The van der Waals surface area contributed by atoms with Crippen LogP contribution in [0.1, 0.15) is 30.4 Å². The SMILES string of the molecule is COc1ccc(CCC2(CCC(N)Cc3ccc(OC)c(OC)c3)OCCO2)cc1. The van der Waals surface area contributed by atoms with Crippen LogP contribution in [-0.2, 0) is 22.3 Å². The van der Waals surface area contributed by atoms with Crippen LogP contribution in [-0.4, -0.2) is 46.4 Å². The molecule has 6 nitrogen and oxygen atoms in total. The number of benzene rings is 2. The van der Waals surface area contributed by atoms with Crippen molar-refractivity contribution in [2.24, 2.45) is 5.73 Å². The molecule has 1 aliphatic rings. The van der Waals surface area contributed by atoms with Crippen molar-refractivity contribution in [3.8, 4) is 17.2 Å². The summed E-state index contributed by atoms with van der Waals surface area (Å²) in [5.74, 6) is 1.76. The third-order valence-electron chi connectivity index (χ3n) is 5.61. The highest BCUT2D eigenvalue weighted by Crippen LogP contribution is 2.32. The van der Waals surface area contributed by atoms with Crippen LogP contribution in [0.2, 0.25) is 0 Å². The minimum absolute atomic E-state index is 0.00811. The molecule has 2 N–H and O–H groups in total. The smallest absolute Gasteiger partial charge is 0.168 e. The van der Waals surface area contributed by atoms with Crippen molar-refractivity contribution in [3.05, 3.63) is 53.6 Å². The Morgan fingerprint density at radius 3 is 2.17 bits per heavy atom. The Bertz CT molecular complexity index is 787. The average Bonchev–Trinajstić information content (AvgIpc) is 3.26. The van der Waals surface area contributed by atoms with Gasteiger partial charge in [0.2, 0.25) is 0 Å². The second kappa shape index (κ2) is 10.7. The Balaban J connectivity index is 1.54. The predicted molar refractivity (Wildman–Crippen MR) is 116 cm³/mol. The lowest BCUT2D eigenvalue weighted by Gasteiger charge is -2.29. The van der Waals surface area contributed by atoms with Gasteiger partial charge in [0.25, 0.3) is 0 Å². The molecule has 2 aromatic rings. The maximum absolute atomic E-state index is 6.45. The number of aryl methyl sites for hydroxylation is 1. The molecule has 2 aromatic carbocycles. The molecule has 164 valence electrons. The third-order valence-corrected chi connectivity index (χ3v) is 5.61. The van der Waals surface area contributed by atoms with Gasteiger partial charge in [-0.1, -0.05) is 18.2 Å². The summed E-state index contributed by atoms with van der Waals surface area (Å²) in [5.41, 5.74) is 8.81. The second-order valence-electron chi connectivity index (χ2n) is 7.65. The standard InChI is InChI=1S/C24H33NO5/c1-26-21-7-4-18(5-8-21)10-12-24(29-14-15-30-24)13-11-20(25)16-19-6-9-22(27-2)23(17-19)28-3/h4-9,17,20H,10-16,25H2,1-3H3. The maximum Gasteiger partial charge on any atom is 0.168 e. The number of rotatable bonds is 11. The zero-order valence-electron chi connectivity index (χ0n) is 18.2. The van der Waals surface area contributed by atoms with Crippen molar-refractivity contribution in [2.45, 2.75) is 43.9 Å². The van der Waals surface area contributed by atoms with Crippen LogP contribution >= 0.6 is 0 Å². The number of hydrogen-bond donors (Lipinski definition) is 1. The molecule has 0 spiro atoms. The van der Waals surface area contributed by atoms with Gasteiger partial charge in [-0.3, -0.25) is 0 Å². The van der Waals surface area contributed by atoms with Gasteiger partial charge in [0.05, 0.1) is 34.5 Å². The monoisotopic (exact) mass is 415 g/mol. The van der Waals surface area contributed by atoms with Crippen molar-refractivity contribution >= 4 is 0 Å². The molecule has 1 heterocycles. The summed E-state index contributed by atoms with van der Waals surface area (Å²) in [6.45, 7) is 1.26. The summed E-state index contributed by atoms with van der Waals surface area (Å²) >= 11 is 0. The van der Waals surface area contributed by atoms with E-state index in [1.807, 2.05) is 30.3 Å². The zero-order chi connectivity index (χ0) is 21.4. The first-order chi connectivity index (χ1) is 14.6. The summed E-state index contributed by atoms with van der Waals surface area (Å²) in [7, 11) is 4.95. The first-order valence-corrected chi connectivity index (χ1v) is 10.4. The van der Waals surface area contributed by atoms with Crippen LogP contribution in [0.15, 0.2) is 42.5 Å². The molecular weight excluding hydrogens is 382 g/mol. The molecule has 6 heteroatoms. The molecule has 1 saturated heterocycles. The molecule has 1 atom stereocenters. The lowest BCUT2D eigenvalue weighted by Crippen LogP contribution is -2.34. The van der Waals surface area contributed by atoms with Crippen LogP contribution in [0.25, 0.3) is 0 Å². The fourth-order valence-electron chi connectivity index (χ4n) is 3.86. The lowest BCUT2D eigenvalue weighted by molar-refractivity contribution is -0.167. The second-order valence-corrected chi connectivity index (χ2v) is 7.65. The van der Waals surface area contributed by atoms with E-state index < -0.39 is 5.79 Å². The van der Waals surface area contributed by atoms with Gasteiger partial charge in [0.15, 0.2) is 17.3 Å². The average molecular weight is 416 g/mol. The van der Waals surface area contributed by atoms with Gasteiger partial charge in [-0.25, -0.2) is 0 Å². The Kier molecular flexibility index (Phi) is 7.96. The van der Waals surface area contributed by atoms with E-state index in [1.165, 1.54) is 5.56 Å². The third kappa shape index (κ3) is 5.88. The van der Waals surface area contributed by atoms with Crippen LogP contribution in [0, 0.1) is 0 Å². The number of hydrogen-bond acceptors (Lipinski definition) is 6. The molecule has 0 aliphatic carbocycles. The normalized spacial score (nSPS) is 16.3. The largest absolute Gasteiger partial charge is 0.497 e. The van der Waals surface area contributed by atoms with E-state index in [4.69, 9.17) is 29.4 Å². The van der Waals surface area contributed by atoms with Crippen LogP contribution in [0.3, 0.4) is 0 Å². The molecule has 0 aromatic heterocycles. The Hall–Kier alpha value is -2.28. The Morgan fingerprint density at radius 2 is 1.53 bits per heavy atom. The molecule has 1 unspecified atom stereocenters. The molecule has 0 saturated carbocycles. The van der Waals surface area contributed by atoms with Gasteiger partial charge in [-0.05, 0) is 54.7 Å². The van der Waals surface area contributed by atoms with Crippen LogP contribution in [0.5, 0.6) is 17.2 Å². The van der Waals surface area contributed by atoms with Crippen molar-refractivity contribution < 1.29 is 23.7 Å². The van der Waals surface area contributed by atoms with Crippen LogP contribution < -0.4 is 19.9 Å². The number of methoxy groups -OCH3 is 3. The number of ether oxygens (including phenoxy) is 5. The Labute approximate surface area is 179 Å². The van der Waals surface area contributed by atoms with Crippen LogP contribution in [0.4, 0.5) is 0 Å². The fraction of sp³-hybridized carbons (Fsp3) is 0.500. The van der Waals surface area contributed by atoms with E-state index in [1.54, 1.807) is 21.3 Å². The van der Waals surface area contributed by atoms with Crippen molar-refractivity contribution in [1.82, 2.24) is 0 Å². The van der Waals surface area contributed by atoms with Gasteiger partial charge in [-0.2, -0.15) is 0 Å². The van der Waals surface area contributed by atoms with E-state index in [0.29, 0.717) is 13.2 Å². The summed E-state index contributed by atoms with van der Waals surface area (Å²) in [5, 5.41) is 0. The molecule has 3 rings (SSSR count). The Morgan fingerprint density at radius 1 is 0.867 bits per heavy atom. The molecule has 1 fully saturated rings. The highest BCUT2D eigenvalue weighted by Gasteiger charge is 2.36. The highest BCUT2D eigenvalue weighted by atomic mass is 16.7. The first kappa shape index (κ1) is 22.4. The molecule has 1 aliphatic heterocycles. The molecule has 0 amide bonds. The fourth-order valence-corrected chi connectivity index (χ4v) is 3.86. The summed E-state index contributed by atoms with van der Waals surface area (Å²) in [4.78, 5) is 0. The van der Waals surface area contributed by atoms with E-state index in [0.717, 1.165) is 54.9 Å². The first-order valence-electron chi connectivity index (χ1n) is 10.4. The van der Waals surface area contributed by atoms with Gasteiger partial charge >= 0.3 is 0 Å². The molecule has 0 bridgehead atoms. The van der Waals surface area contributed by atoms with E-state index in [-0.39, 0.29) is 6.04 Å². The van der Waals surface area contributed by atoms with Crippen molar-refractivity contribution in [1.29, 1.82) is 0 Å². The van der Waals surface area contributed by atoms with E-state index in [9.17, 15) is 0 Å². The van der Waals surface area contributed by atoms with Gasteiger partial charge < -0.3 is 29.4 Å². The van der Waals surface area contributed by atoms with E-state index in [2.05, 4.69) is 12.1 Å². The van der Waals surface area contributed by atoms with E-state index >= 15 is 0 Å². The van der Waals surface area contributed by atoms with Gasteiger partial charge in [0.1, 0.15) is 5.75 Å². The quantitative estimate of drug-likeness (QED) is 0.603. The summed E-state index contributed by atoms with van der Waals surface area (Å²) in [6, 6.07) is 14.1. The minimum atomic E-state index is -0.546. The molecular formula is C24H33NO5. The van der Waals surface area contributed by atoms with Crippen molar-refractivity contribution in [3.63, 3.8) is 0 Å². The predicted octanol–water partition coefficient (Wildman–Crippen LogP) is 3.74. The molecule has 0 radical (unpaired) electrons. The summed E-state index contributed by atoms with van der Waals surface area (Å²) in [6.07, 6.45) is 4.04. The number of nitrogens with two attached hydrogens (primary N) is 1. The zero-order valence-corrected chi connectivity index (χ0v) is 18.2. The van der Waals surface area contributed by atoms with Gasteiger partial charge in [-0.15, -0.1) is 0 Å². The maximum atomic E-state index is 6.45. The van der Waals surface area contributed by atoms with Crippen molar-refractivity contribution in [2.75, 3.05) is 34.5 Å². The topological polar surface area (TPSA) is 72.2 Å².